The normalized spacial score (nSPS) is 28.6. The first-order chi connectivity index (χ1) is 6.93. The molecule has 0 saturated heterocycles. The van der Waals surface area contributed by atoms with Crippen LogP contribution in [0.15, 0.2) is 18.6 Å². The number of nitrogens with zero attached hydrogens (tertiary/aromatic N) is 3. The Hall–Kier alpha value is -1.38. The summed E-state index contributed by atoms with van der Waals surface area (Å²) in [5.41, 5.74) is 3.85. The monoisotopic (exact) mass is 185 g/mol. The van der Waals surface area contributed by atoms with E-state index in [0.29, 0.717) is 0 Å². The molecule has 2 aliphatic rings. The molecule has 0 N–H and O–H groups in total. The highest BCUT2D eigenvalue weighted by Gasteiger charge is 2.40. The Morgan fingerprint density at radius 2 is 2.21 bits per heavy atom. The average Bonchev–Trinajstić information content (AvgIpc) is 2.88. The first kappa shape index (κ1) is 6.98. The minimum Gasteiger partial charge on any atom is -0.301 e. The zero-order chi connectivity index (χ0) is 9.12. The molecule has 2 unspecified atom stereocenters. The molecule has 2 aromatic heterocycles. The van der Waals surface area contributed by atoms with Crippen molar-refractivity contribution in [3.05, 3.63) is 30.0 Å². The van der Waals surface area contributed by atoms with Crippen LogP contribution >= 0.6 is 0 Å². The van der Waals surface area contributed by atoms with Crippen molar-refractivity contribution >= 4 is 5.65 Å². The molecule has 2 atom stereocenters. The minimum atomic E-state index is 0.745. The van der Waals surface area contributed by atoms with Crippen molar-refractivity contribution < 1.29 is 0 Å². The van der Waals surface area contributed by atoms with Crippen LogP contribution in [-0.4, -0.2) is 14.4 Å². The van der Waals surface area contributed by atoms with E-state index in [2.05, 4.69) is 14.4 Å². The van der Waals surface area contributed by atoms with Crippen molar-refractivity contribution in [2.75, 3.05) is 0 Å². The largest absolute Gasteiger partial charge is 0.301 e. The Morgan fingerprint density at radius 3 is 3.21 bits per heavy atom. The third-order valence-electron chi connectivity index (χ3n) is 3.70. The number of fused-ring (bicyclic) bond motifs is 7. The van der Waals surface area contributed by atoms with E-state index in [4.69, 9.17) is 0 Å². The zero-order valence-corrected chi connectivity index (χ0v) is 7.85. The summed E-state index contributed by atoms with van der Waals surface area (Å²) in [6.45, 7) is 0. The molecule has 0 aliphatic heterocycles. The van der Waals surface area contributed by atoms with E-state index >= 15 is 0 Å². The van der Waals surface area contributed by atoms with Crippen molar-refractivity contribution in [2.24, 2.45) is 0 Å². The molecule has 2 aliphatic carbocycles. The number of hydrogen-bond donors (Lipinski definition) is 0. The molecule has 4 rings (SSSR count). The third kappa shape index (κ3) is 0.659. The van der Waals surface area contributed by atoms with Crippen molar-refractivity contribution in [1.29, 1.82) is 0 Å². The van der Waals surface area contributed by atoms with Gasteiger partial charge in [-0.2, -0.15) is 0 Å². The average molecular weight is 185 g/mol. The fourth-order valence-corrected chi connectivity index (χ4v) is 3.13. The SMILES string of the molecule is c1cn2c3c(nc2cn1)C1CCC3C1. The molecule has 1 fully saturated rings. The third-order valence-corrected chi connectivity index (χ3v) is 3.70. The van der Waals surface area contributed by atoms with Crippen LogP contribution < -0.4 is 0 Å². The van der Waals surface area contributed by atoms with E-state index in [1.807, 2.05) is 18.6 Å². The van der Waals surface area contributed by atoms with Gasteiger partial charge in [-0.3, -0.25) is 4.98 Å². The highest BCUT2D eigenvalue weighted by Crippen LogP contribution is 2.52. The first-order valence-corrected chi connectivity index (χ1v) is 5.25. The lowest BCUT2D eigenvalue weighted by Crippen LogP contribution is -1.99. The maximum atomic E-state index is 4.68. The molecule has 2 aromatic rings. The summed E-state index contributed by atoms with van der Waals surface area (Å²) in [6, 6.07) is 0. The van der Waals surface area contributed by atoms with Crippen LogP contribution in [0, 0.1) is 0 Å². The van der Waals surface area contributed by atoms with Gasteiger partial charge in [0, 0.05) is 29.9 Å². The summed E-state index contributed by atoms with van der Waals surface area (Å²) >= 11 is 0. The molecule has 3 nitrogen and oxygen atoms in total. The van der Waals surface area contributed by atoms with E-state index in [-0.39, 0.29) is 0 Å². The van der Waals surface area contributed by atoms with Crippen LogP contribution in [0.4, 0.5) is 0 Å². The molecule has 14 heavy (non-hydrogen) atoms. The molecule has 3 heteroatoms. The topological polar surface area (TPSA) is 30.2 Å². The fraction of sp³-hybridized carbons (Fsp3) is 0.455. The molecular formula is C11H11N3. The maximum Gasteiger partial charge on any atom is 0.155 e. The van der Waals surface area contributed by atoms with Gasteiger partial charge in [-0.25, -0.2) is 4.98 Å². The zero-order valence-electron chi connectivity index (χ0n) is 7.85. The molecule has 0 spiro atoms. The smallest absolute Gasteiger partial charge is 0.155 e. The Balaban J connectivity index is 2.13. The van der Waals surface area contributed by atoms with Gasteiger partial charge in [0.05, 0.1) is 11.9 Å². The van der Waals surface area contributed by atoms with E-state index < -0.39 is 0 Å². The summed E-state index contributed by atoms with van der Waals surface area (Å²) in [4.78, 5) is 8.79. The summed E-state index contributed by atoms with van der Waals surface area (Å²) in [7, 11) is 0. The summed E-state index contributed by atoms with van der Waals surface area (Å²) in [5, 5.41) is 0. The van der Waals surface area contributed by atoms with E-state index in [1.165, 1.54) is 30.7 Å². The van der Waals surface area contributed by atoms with Gasteiger partial charge in [0.15, 0.2) is 5.65 Å². The molecule has 1 saturated carbocycles. The van der Waals surface area contributed by atoms with E-state index in [9.17, 15) is 0 Å². The first-order valence-electron chi connectivity index (χ1n) is 5.25. The van der Waals surface area contributed by atoms with Gasteiger partial charge < -0.3 is 4.40 Å². The van der Waals surface area contributed by atoms with Crippen LogP contribution in [0.3, 0.4) is 0 Å². The number of rotatable bonds is 0. The lowest BCUT2D eigenvalue weighted by Gasteiger charge is -2.09. The molecule has 0 amide bonds. The van der Waals surface area contributed by atoms with Crippen molar-refractivity contribution in [2.45, 2.75) is 31.1 Å². The standard InChI is InChI=1S/C11H11N3/c1-2-8-5-7(1)10-11(8)14-4-3-12-6-9(14)13-10/h3-4,6-8H,1-2,5H2. The Labute approximate surface area is 81.8 Å². The van der Waals surface area contributed by atoms with Crippen molar-refractivity contribution in [1.82, 2.24) is 14.4 Å². The molecule has 0 aromatic carbocycles. The summed E-state index contributed by atoms with van der Waals surface area (Å²) < 4.78 is 2.23. The highest BCUT2D eigenvalue weighted by atomic mass is 15.1. The predicted octanol–water partition coefficient (Wildman–Crippen LogP) is 2.09. The van der Waals surface area contributed by atoms with Gasteiger partial charge in [0.2, 0.25) is 0 Å². The van der Waals surface area contributed by atoms with Gasteiger partial charge in [0.1, 0.15) is 0 Å². The highest BCUT2D eigenvalue weighted by molar-refractivity contribution is 5.46. The van der Waals surface area contributed by atoms with Crippen molar-refractivity contribution in [3.63, 3.8) is 0 Å². The second-order valence-electron chi connectivity index (χ2n) is 4.39. The second-order valence-corrected chi connectivity index (χ2v) is 4.39. The van der Waals surface area contributed by atoms with Crippen LogP contribution in [0.1, 0.15) is 42.5 Å². The second kappa shape index (κ2) is 2.16. The molecule has 2 bridgehead atoms. The number of aromatic nitrogens is 3. The number of imidazole rings is 1. The predicted molar refractivity (Wildman–Crippen MR) is 52.3 cm³/mol. The molecule has 2 heterocycles. The maximum absolute atomic E-state index is 4.68. The Bertz CT molecular complexity index is 514. The van der Waals surface area contributed by atoms with E-state index in [1.54, 1.807) is 0 Å². The fourth-order valence-electron chi connectivity index (χ4n) is 3.13. The van der Waals surface area contributed by atoms with Gasteiger partial charge in [0.25, 0.3) is 0 Å². The van der Waals surface area contributed by atoms with Crippen LogP contribution in [0.2, 0.25) is 0 Å². The minimum absolute atomic E-state index is 0.745. The summed E-state index contributed by atoms with van der Waals surface area (Å²) in [6.07, 6.45) is 9.78. The Kier molecular flexibility index (Phi) is 1.08. The van der Waals surface area contributed by atoms with Gasteiger partial charge in [-0.1, -0.05) is 0 Å². The lowest BCUT2D eigenvalue weighted by atomic mass is 10.0. The van der Waals surface area contributed by atoms with Crippen LogP contribution in [0.5, 0.6) is 0 Å². The quantitative estimate of drug-likeness (QED) is 0.629. The van der Waals surface area contributed by atoms with Crippen LogP contribution in [-0.2, 0) is 0 Å². The van der Waals surface area contributed by atoms with Gasteiger partial charge in [-0.05, 0) is 19.3 Å². The lowest BCUT2D eigenvalue weighted by molar-refractivity contribution is 0.689. The van der Waals surface area contributed by atoms with Crippen LogP contribution in [0.25, 0.3) is 5.65 Å². The molecule has 0 radical (unpaired) electrons. The molecular weight excluding hydrogens is 174 g/mol. The molecule has 70 valence electrons. The van der Waals surface area contributed by atoms with Gasteiger partial charge in [-0.15, -0.1) is 0 Å². The van der Waals surface area contributed by atoms with Crippen molar-refractivity contribution in [3.8, 4) is 0 Å². The number of hydrogen-bond acceptors (Lipinski definition) is 2. The van der Waals surface area contributed by atoms with E-state index in [0.717, 1.165) is 17.5 Å². The van der Waals surface area contributed by atoms with Gasteiger partial charge >= 0.3 is 0 Å². The summed E-state index contributed by atoms with van der Waals surface area (Å²) in [5.74, 6) is 1.52. The Morgan fingerprint density at radius 1 is 1.29 bits per heavy atom.